The smallest absolute Gasteiger partial charge is 0.364 e. The summed E-state index contributed by atoms with van der Waals surface area (Å²) in [5.41, 5.74) is 2.00. The molecule has 8 heteroatoms. The maximum absolute atomic E-state index is 13.7. The Bertz CT molecular complexity index is 932. The number of hydrogen-bond acceptors (Lipinski definition) is 3. The van der Waals surface area contributed by atoms with E-state index in [1.807, 2.05) is 32.0 Å². The van der Waals surface area contributed by atoms with Gasteiger partial charge in [0.05, 0.1) is 16.9 Å². The third kappa shape index (κ3) is 3.14. The molecule has 5 nitrogen and oxygen atoms in total. The summed E-state index contributed by atoms with van der Waals surface area (Å²) in [5, 5.41) is 4.43. The number of aromatic nitrogens is 2. The fraction of sp³-hybridized carbons (Fsp3) is 0.500. The number of carbonyl (C=O) groups is 1. The maximum Gasteiger partial charge on any atom is 0.416 e. The number of amides is 1. The van der Waals surface area contributed by atoms with Crippen LogP contribution in [0.25, 0.3) is 0 Å². The second-order valence-electron chi connectivity index (χ2n) is 7.85. The van der Waals surface area contributed by atoms with Crippen LogP contribution >= 0.6 is 0 Å². The van der Waals surface area contributed by atoms with Crippen LogP contribution in [0.4, 0.5) is 18.9 Å². The molecule has 0 saturated heterocycles. The average molecular weight is 392 g/mol. The highest BCUT2D eigenvalue weighted by atomic mass is 19.4. The molecule has 1 aromatic heterocycles. The zero-order valence-electron chi connectivity index (χ0n) is 16.2. The highest BCUT2D eigenvalue weighted by Crippen LogP contribution is 2.39. The molecule has 2 aliphatic rings. The molecule has 0 saturated carbocycles. The summed E-state index contributed by atoms with van der Waals surface area (Å²) < 4.78 is 43.0. The van der Waals surface area contributed by atoms with Crippen molar-refractivity contribution in [2.75, 3.05) is 11.4 Å². The SMILES string of the molecule is CC(C)N1Cc2c(cc(CN3CCCc4nn(C)cc43)cc2C(F)(F)F)C1=O. The van der Waals surface area contributed by atoms with E-state index >= 15 is 0 Å². The van der Waals surface area contributed by atoms with Gasteiger partial charge in [0, 0.05) is 44.5 Å². The number of benzene rings is 1. The zero-order valence-corrected chi connectivity index (χ0v) is 16.2. The van der Waals surface area contributed by atoms with E-state index in [0.717, 1.165) is 30.8 Å². The standard InChI is InChI=1S/C20H23F3N4O/c1-12(2)27-10-15-14(19(27)28)7-13(8-16(15)20(21,22)23)9-26-6-4-5-17-18(26)11-25(3)24-17/h7-8,11-12H,4-6,9-10H2,1-3H3. The number of halogens is 3. The number of alkyl halides is 3. The average Bonchev–Trinajstić information content (AvgIpc) is 3.14. The number of aryl methyl sites for hydroxylation is 2. The van der Waals surface area contributed by atoms with Crippen molar-refractivity contribution in [1.82, 2.24) is 14.7 Å². The largest absolute Gasteiger partial charge is 0.416 e. The summed E-state index contributed by atoms with van der Waals surface area (Å²) in [6.07, 6.45) is -0.819. The van der Waals surface area contributed by atoms with Gasteiger partial charge in [0.2, 0.25) is 0 Å². The van der Waals surface area contributed by atoms with Crippen molar-refractivity contribution in [3.63, 3.8) is 0 Å². The highest BCUT2D eigenvalue weighted by molar-refractivity contribution is 5.99. The third-order valence-electron chi connectivity index (χ3n) is 5.50. The van der Waals surface area contributed by atoms with Crippen LogP contribution in [0.1, 0.15) is 53.0 Å². The van der Waals surface area contributed by atoms with E-state index in [0.29, 0.717) is 12.1 Å². The minimum Gasteiger partial charge on any atom is -0.364 e. The van der Waals surface area contributed by atoms with Crippen LogP contribution in [0.3, 0.4) is 0 Å². The fourth-order valence-corrected chi connectivity index (χ4v) is 4.16. The Morgan fingerprint density at radius 3 is 2.68 bits per heavy atom. The first-order chi connectivity index (χ1) is 13.1. The number of carbonyl (C=O) groups excluding carboxylic acids is 1. The molecule has 0 aliphatic carbocycles. The van der Waals surface area contributed by atoms with E-state index in [9.17, 15) is 18.0 Å². The molecule has 0 bridgehead atoms. The summed E-state index contributed by atoms with van der Waals surface area (Å²) in [6, 6.07) is 2.70. The Balaban J connectivity index is 1.73. The van der Waals surface area contributed by atoms with Gasteiger partial charge in [0.25, 0.3) is 5.91 Å². The molecule has 1 aromatic carbocycles. The number of anilines is 1. The van der Waals surface area contributed by atoms with Gasteiger partial charge in [-0.05, 0) is 49.9 Å². The third-order valence-corrected chi connectivity index (χ3v) is 5.50. The van der Waals surface area contributed by atoms with Gasteiger partial charge in [-0.2, -0.15) is 18.3 Å². The summed E-state index contributed by atoms with van der Waals surface area (Å²) in [4.78, 5) is 16.2. The maximum atomic E-state index is 13.7. The van der Waals surface area contributed by atoms with Crippen LogP contribution in [-0.4, -0.2) is 33.2 Å². The molecule has 2 aliphatic heterocycles. The molecule has 4 rings (SSSR count). The van der Waals surface area contributed by atoms with Gasteiger partial charge in [-0.25, -0.2) is 0 Å². The first-order valence-corrected chi connectivity index (χ1v) is 9.46. The lowest BCUT2D eigenvalue weighted by molar-refractivity contribution is -0.138. The Labute approximate surface area is 161 Å². The quantitative estimate of drug-likeness (QED) is 0.799. The molecule has 0 spiro atoms. The molecule has 0 radical (unpaired) electrons. The Morgan fingerprint density at radius 2 is 2.00 bits per heavy atom. The Kier molecular flexibility index (Phi) is 4.39. The molecule has 28 heavy (non-hydrogen) atoms. The summed E-state index contributed by atoms with van der Waals surface area (Å²) >= 11 is 0. The number of rotatable bonds is 3. The van der Waals surface area contributed by atoms with Gasteiger partial charge in [-0.1, -0.05) is 0 Å². The van der Waals surface area contributed by atoms with Crippen molar-refractivity contribution in [1.29, 1.82) is 0 Å². The Morgan fingerprint density at radius 1 is 1.25 bits per heavy atom. The van der Waals surface area contributed by atoms with E-state index in [2.05, 4.69) is 5.10 Å². The van der Waals surface area contributed by atoms with E-state index in [1.165, 1.54) is 11.0 Å². The van der Waals surface area contributed by atoms with Crippen LogP contribution < -0.4 is 4.90 Å². The molecule has 150 valence electrons. The van der Waals surface area contributed by atoms with Gasteiger partial charge in [-0.15, -0.1) is 0 Å². The minimum atomic E-state index is -4.49. The second kappa shape index (κ2) is 6.53. The van der Waals surface area contributed by atoms with Crippen molar-refractivity contribution >= 4 is 11.6 Å². The highest BCUT2D eigenvalue weighted by Gasteiger charge is 2.40. The monoisotopic (exact) mass is 392 g/mol. The van der Waals surface area contributed by atoms with E-state index < -0.39 is 11.7 Å². The van der Waals surface area contributed by atoms with Crippen LogP contribution in [0, 0.1) is 0 Å². The van der Waals surface area contributed by atoms with E-state index in [1.54, 1.807) is 10.7 Å². The van der Waals surface area contributed by atoms with Crippen molar-refractivity contribution < 1.29 is 18.0 Å². The van der Waals surface area contributed by atoms with Gasteiger partial charge in [0.15, 0.2) is 0 Å². The Hall–Kier alpha value is -2.51. The molecule has 1 amide bonds. The topological polar surface area (TPSA) is 41.4 Å². The minimum absolute atomic E-state index is 0.0113. The van der Waals surface area contributed by atoms with Crippen LogP contribution in [0.2, 0.25) is 0 Å². The molecule has 0 N–H and O–H groups in total. The summed E-state index contributed by atoms with van der Waals surface area (Å²) in [7, 11) is 1.84. The number of hydrogen-bond donors (Lipinski definition) is 0. The van der Waals surface area contributed by atoms with Crippen molar-refractivity contribution in [3.8, 4) is 0 Å². The molecular formula is C20H23F3N4O. The predicted molar refractivity (Wildman–Crippen MR) is 99.0 cm³/mol. The molecule has 3 heterocycles. The van der Waals surface area contributed by atoms with Gasteiger partial charge >= 0.3 is 6.18 Å². The predicted octanol–water partition coefficient (Wildman–Crippen LogP) is 3.76. The molecule has 2 aromatic rings. The van der Waals surface area contributed by atoms with E-state index in [-0.39, 0.29) is 29.6 Å². The number of nitrogens with zero attached hydrogens (tertiary/aromatic N) is 4. The van der Waals surface area contributed by atoms with Crippen LogP contribution in [0.5, 0.6) is 0 Å². The first kappa shape index (κ1) is 18.8. The molecule has 0 unspecified atom stereocenters. The van der Waals surface area contributed by atoms with Crippen molar-refractivity contribution in [2.45, 2.75) is 52.0 Å². The fourth-order valence-electron chi connectivity index (χ4n) is 4.16. The van der Waals surface area contributed by atoms with Crippen LogP contribution in [0.15, 0.2) is 18.3 Å². The number of fused-ring (bicyclic) bond motifs is 2. The first-order valence-electron chi connectivity index (χ1n) is 9.46. The van der Waals surface area contributed by atoms with Gasteiger partial charge in [0.1, 0.15) is 0 Å². The molecule has 0 fully saturated rings. The molecule has 0 atom stereocenters. The zero-order chi connectivity index (χ0) is 20.2. The lowest BCUT2D eigenvalue weighted by atomic mass is 9.98. The lowest BCUT2D eigenvalue weighted by Crippen LogP contribution is -2.31. The van der Waals surface area contributed by atoms with Crippen LogP contribution in [-0.2, 0) is 32.7 Å². The summed E-state index contributed by atoms with van der Waals surface area (Å²) in [5.74, 6) is -0.321. The van der Waals surface area contributed by atoms with Gasteiger partial charge < -0.3 is 9.80 Å². The summed E-state index contributed by atoms with van der Waals surface area (Å²) in [6.45, 7) is 4.72. The van der Waals surface area contributed by atoms with Crippen molar-refractivity contribution in [3.05, 3.63) is 46.3 Å². The van der Waals surface area contributed by atoms with Crippen molar-refractivity contribution in [2.24, 2.45) is 7.05 Å². The second-order valence-corrected chi connectivity index (χ2v) is 7.85. The normalized spacial score (nSPS) is 16.8. The molecular weight excluding hydrogens is 369 g/mol. The van der Waals surface area contributed by atoms with Gasteiger partial charge in [-0.3, -0.25) is 9.48 Å². The van der Waals surface area contributed by atoms with E-state index in [4.69, 9.17) is 0 Å². The lowest BCUT2D eigenvalue weighted by Gasteiger charge is -2.28.